The molecule has 0 unspecified atom stereocenters. The Bertz CT molecular complexity index is 703. The van der Waals surface area contributed by atoms with E-state index in [0.29, 0.717) is 18.4 Å². The summed E-state index contributed by atoms with van der Waals surface area (Å²) in [6, 6.07) is 7.86. The Labute approximate surface area is 124 Å². The predicted molar refractivity (Wildman–Crippen MR) is 85.6 cm³/mol. The number of hydrogen-bond donors (Lipinski definition) is 1. The zero-order chi connectivity index (χ0) is 15.4. The van der Waals surface area contributed by atoms with Crippen molar-refractivity contribution >= 4 is 16.8 Å². The first-order valence-corrected chi connectivity index (χ1v) is 7.37. The van der Waals surface area contributed by atoms with Crippen LogP contribution in [0, 0.1) is 6.92 Å². The van der Waals surface area contributed by atoms with Crippen LogP contribution in [0.5, 0.6) is 0 Å². The zero-order valence-electron chi connectivity index (χ0n) is 12.9. The van der Waals surface area contributed by atoms with E-state index in [-0.39, 0.29) is 11.5 Å². The molecule has 0 atom stereocenters. The van der Waals surface area contributed by atoms with E-state index in [1.807, 2.05) is 38.1 Å². The number of rotatable bonds is 5. The minimum absolute atomic E-state index is 0.0836. The molecule has 0 aliphatic heterocycles. The number of aromatic amines is 1. The average Bonchev–Trinajstić information content (AvgIpc) is 2.45. The second-order valence-corrected chi connectivity index (χ2v) is 5.53. The minimum atomic E-state index is -0.0981. The molecule has 1 heterocycles. The molecular weight excluding hydrogens is 264 g/mol. The first kappa shape index (κ1) is 15.3. The lowest BCUT2D eigenvalue weighted by molar-refractivity contribution is -0.129. The molecular formula is C17H22N2O2. The molecule has 1 aromatic heterocycles. The smallest absolute Gasteiger partial charge is 0.251 e. The number of nitrogens with zero attached hydrogens (tertiary/aromatic N) is 1. The van der Waals surface area contributed by atoms with Gasteiger partial charge in [0, 0.05) is 31.1 Å². The van der Waals surface area contributed by atoms with E-state index < -0.39 is 0 Å². The van der Waals surface area contributed by atoms with Gasteiger partial charge in [-0.25, -0.2) is 0 Å². The predicted octanol–water partition coefficient (Wildman–Crippen LogP) is 2.64. The first-order chi connectivity index (χ1) is 10.0. The van der Waals surface area contributed by atoms with Crippen LogP contribution < -0.4 is 5.56 Å². The van der Waals surface area contributed by atoms with Gasteiger partial charge in [0.2, 0.25) is 5.91 Å². The highest BCUT2D eigenvalue weighted by Crippen LogP contribution is 2.14. The molecule has 112 valence electrons. The summed E-state index contributed by atoms with van der Waals surface area (Å²) in [5, 5.41) is 1.00. The molecule has 1 N–H and O–H groups in total. The highest BCUT2D eigenvalue weighted by atomic mass is 16.2. The number of H-pyrrole nitrogens is 1. The van der Waals surface area contributed by atoms with Gasteiger partial charge < -0.3 is 9.88 Å². The Hall–Kier alpha value is -2.10. The third-order valence-corrected chi connectivity index (χ3v) is 3.67. The topological polar surface area (TPSA) is 53.2 Å². The molecule has 0 saturated carbocycles. The Morgan fingerprint density at radius 3 is 2.76 bits per heavy atom. The standard InChI is InChI=1S/C17H22N2O2/c1-4-9-19(3)16(20)8-7-14-11-13-6-5-12(2)10-15(13)18-17(14)21/h5-6,10-11H,4,7-9H2,1-3H3,(H,18,21). The van der Waals surface area contributed by atoms with Crippen molar-refractivity contribution in [2.75, 3.05) is 13.6 Å². The van der Waals surface area contributed by atoms with Crippen LogP contribution in [0.2, 0.25) is 0 Å². The SMILES string of the molecule is CCCN(C)C(=O)CCc1cc2ccc(C)cc2[nH]c1=O. The molecule has 4 nitrogen and oxygen atoms in total. The van der Waals surface area contributed by atoms with Gasteiger partial charge >= 0.3 is 0 Å². The molecule has 0 aliphatic rings. The fraction of sp³-hybridized carbons (Fsp3) is 0.412. The summed E-state index contributed by atoms with van der Waals surface area (Å²) in [7, 11) is 1.80. The van der Waals surface area contributed by atoms with E-state index >= 15 is 0 Å². The molecule has 0 radical (unpaired) electrons. The second-order valence-electron chi connectivity index (χ2n) is 5.53. The van der Waals surface area contributed by atoms with Crippen molar-refractivity contribution in [3.8, 4) is 0 Å². The third kappa shape index (κ3) is 3.72. The van der Waals surface area contributed by atoms with Crippen molar-refractivity contribution < 1.29 is 4.79 Å². The van der Waals surface area contributed by atoms with Gasteiger partial charge in [-0.15, -0.1) is 0 Å². The molecule has 0 aliphatic carbocycles. The van der Waals surface area contributed by atoms with Gasteiger partial charge in [-0.2, -0.15) is 0 Å². The number of aryl methyl sites for hydroxylation is 2. The van der Waals surface area contributed by atoms with Crippen molar-refractivity contribution in [1.82, 2.24) is 9.88 Å². The number of aromatic nitrogens is 1. The number of amides is 1. The van der Waals surface area contributed by atoms with E-state index in [0.717, 1.165) is 29.4 Å². The summed E-state index contributed by atoms with van der Waals surface area (Å²) >= 11 is 0. The van der Waals surface area contributed by atoms with Crippen LogP contribution in [0.15, 0.2) is 29.1 Å². The number of carbonyl (C=O) groups is 1. The Morgan fingerprint density at radius 1 is 1.29 bits per heavy atom. The van der Waals surface area contributed by atoms with Gasteiger partial charge in [0.05, 0.1) is 0 Å². The van der Waals surface area contributed by atoms with Crippen LogP contribution in [-0.4, -0.2) is 29.4 Å². The van der Waals surface area contributed by atoms with Gasteiger partial charge in [-0.1, -0.05) is 19.1 Å². The number of pyridine rings is 1. The van der Waals surface area contributed by atoms with Crippen LogP contribution >= 0.6 is 0 Å². The van der Waals surface area contributed by atoms with Crippen LogP contribution in [-0.2, 0) is 11.2 Å². The van der Waals surface area contributed by atoms with E-state index in [2.05, 4.69) is 4.98 Å². The Balaban J connectivity index is 2.15. The molecule has 0 saturated heterocycles. The minimum Gasteiger partial charge on any atom is -0.346 e. The second kappa shape index (κ2) is 6.57. The van der Waals surface area contributed by atoms with E-state index in [1.165, 1.54) is 0 Å². The molecule has 0 bridgehead atoms. The molecule has 2 aromatic rings. The maximum absolute atomic E-state index is 12.1. The maximum atomic E-state index is 12.1. The van der Waals surface area contributed by atoms with Crippen molar-refractivity contribution in [2.24, 2.45) is 0 Å². The zero-order valence-corrected chi connectivity index (χ0v) is 12.9. The summed E-state index contributed by atoms with van der Waals surface area (Å²) < 4.78 is 0. The summed E-state index contributed by atoms with van der Waals surface area (Å²) in [6.45, 7) is 4.79. The highest BCUT2D eigenvalue weighted by molar-refractivity contribution is 5.80. The van der Waals surface area contributed by atoms with Gasteiger partial charge in [0.25, 0.3) is 5.56 Å². The number of nitrogens with one attached hydrogen (secondary N) is 1. The van der Waals surface area contributed by atoms with E-state index in [4.69, 9.17) is 0 Å². The van der Waals surface area contributed by atoms with Gasteiger partial charge in [-0.3, -0.25) is 9.59 Å². The molecule has 21 heavy (non-hydrogen) atoms. The summed E-state index contributed by atoms with van der Waals surface area (Å²) in [6.07, 6.45) is 1.79. The van der Waals surface area contributed by atoms with E-state index in [9.17, 15) is 9.59 Å². The number of fused-ring (bicyclic) bond motifs is 1. The summed E-state index contributed by atoms with van der Waals surface area (Å²) in [5.41, 5.74) is 2.53. The average molecular weight is 286 g/mol. The number of hydrogen-bond acceptors (Lipinski definition) is 2. The third-order valence-electron chi connectivity index (χ3n) is 3.67. The number of benzene rings is 1. The van der Waals surface area contributed by atoms with Crippen LogP contribution in [0.25, 0.3) is 10.9 Å². The quantitative estimate of drug-likeness (QED) is 0.918. The summed E-state index contributed by atoms with van der Waals surface area (Å²) in [5.74, 6) is 0.0836. The van der Waals surface area contributed by atoms with Crippen LogP contribution in [0.3, 0.4) is 0 Å². The Kier molecular flexibility index (Phi) is 4.78. The van der Waals surface area contributed by atoms with Crippen molar-refractivity contribution in [2.45, 2.75) is 33.1 Å². The first-order valence-electron chi connectivity index (χ1n) is 7.37. The molecule has 1 amide bonds. The lowest BCUT2D eigenvalue weighted by Gasteiger charge is -2.15. The molecule has 4 heteroatoms. The van der Waals surface area contributed by atoms with Crippen molar-refractivity contribution in [3.63, 3.8) is 0 Å². The summed E-state index contributed by atoms with van der Waals surface area (Å²) in [4.78, 5) is 28.6. The maximum Gasteiger partial charge on any atom is 0.251 e. The van der Waals surface area contributed by atoms with Crippen molar-refractivity contribution in [3.05, 3.63) is 45.7 Å². The molecule has 0 fully saturated rings. The largest absolute Gasteiger partial charge is 0.346 e. The fourth-order valence-corrected chi connectivity index (χ4v) is 2.44. The van der Waals surface area contributed by atoms with Crippen LogP contribution in [0.4, 0.5) is 0 Å². The molecule has 2 rings (SSSR count). The molecule has 1 aromatic carbocycles. The molecule has 0 spiro atoms. The number of carbonyl (C=O) groups excluding carboxylic acids is 1. The lowest BCUT2D eigenvalue weighted by atomic mass is 10.1. The van der Waals surface area contributed by atoms with Crippen molar-refractivity contribution in [1.29, 1.82) is 0 Å². The normalized spacial score (nSPS) is 10.8. The van der Waals surface area contributed by atoms with Gasteiger partial charge in [0.1, 0.15) is 0 Å². The van der Waals surface area contributed by atoms with Gasteiger partial charge in [-0.05, 0) is 42.8 Å². The van der Waals surface area contributed by atoms with Gasteiger partial charge in [0.15, 0.2) is 0 Å². The van der Waals surface area contributed by atoms with E-state index in [1.54, 1.807) is 11.9 Å². The highest BCUT2D eigenvalue weighted by Gasteiger charge is 2.10. The fourth-order valence-electron chi connectivity index (χ4n) is 2.44. The monoisotopic (exact) mass is 286 g/mol. The Morgan fingerprint density at radius 2 is 2.05 bits per heavy atom. The lowest BCUT2D eigenvalue weighted by Crippen LogP contribution is -2.28. The van der Waals surface area contributed by atoms with Crippen LogP contribution in [0.1, 0.15) is 30.9 Å².